The van der Waals surface area contributed by atoms with Gasteiger partial charge in [0, 0.05) is 69.2 Å². The zero-order chi connectivity index (χ0) is 33.4. The monoisotopic (exact) mass is 645 g/mol. The topological polar surface area (TPSA) is 132 Å². The van der Waals surface area contributed by atoms with Gasteiger partial charge in [-0.15, -0.1) is 0 Å². The molecular weight excluding hydrogens is 603 g/mol. The maximum Gasteiger partial charge on any atom is 0.331 e. The Morgan fingerprint density at radius 2 is 1.72 bits per heavy atom. The molecule has 10 nitrogen and oxygen atoms in total. The standard InChI is InChI=1S/C33H42F3N5O5/c1-3-29(43)38-27(32(46)41-15-13-40(2)14-16-41)18-21-9-11-26(25(34)17-21)39-31(45)24(22-7-5-4-6-8-22)19-28(42)33(35,36)23-10-12-30(44)37-20-23/h9-12,17,20,22,24,27H,3-8,13-16,18-19H2,1-2H3,(H,37,44)(H,38,43)(H,39,45)/t24-,27+/m0/s1. The van der Waals surface area contributed by atoms with Crippen LogP contribution in [-0.4, -0.2) is 77.6 Å². The van der Waals surface area contributed by atoms with E-state index in [9.17, 15) is 24.0 Å². The Balaban J connectivity index is 1.49. The number of ketones is 1. The summed E-state index contributed by atoms with van der Waals surface area (Å²) in [6, 6.07) is 4.91. The number of nitrogens with one attached hydrogen (secondary N) is 3. The summed E-state index contributed by atoms with van der Waals surface area (Å²) in [6.45, 7) is 4.08. The second-order valence-electron chi connectivity index (χ2n) is 12.3. The van der Waals surface area contributed by atoms with Crippen LogP contribution in [0.4, 0.5) is 18.9 Å². The Hall–Kier alpha value is -4.00. The first-order chi connectivity index (χ1) is 21.9. The molecule has 1 aliphatic carbocycles. The van der Waals surface area contributed by atoms with Crippen LogP contribution in [0, 0.1) is 17.7 Å². The summed E-state index contributed by atoms with van der Waals surface area (Å²) in [5, 5.41) is 5.24. The number of aromatic amines is 1. The molecular formula is C33H42F3N5O5. The highest BCUT2D eigenvalue weighted by atomic mass is 19.3. The molecule has 2 atom stereocenters. The lowest BCUT2D eigenvalue weighted by Crippen LogP contribution is -2.54. The number of anilines is 1. The number of likely N-dealkylation sites (N-methyl/N-ethyl adjacent to an activating group) is 1. The number of carbonyl (C=O) groups excluding carboxylic acids is 4. The summed E-state index contributed by atoms with van der Waals surface area (Å²) in [7, 11) is 1.96. The predicted molar refractivity (Wildman–Crippen MR) is 166 cm³/mol. The summed E-state index contributed by atoms with van der Waals surface area (Å²) in [5.41, 5.74) is -1.05. The molecule has 13 heteroatoms. The van der Waals surface area contributed by atoms with Crippen molar-refractivity contribution >= 4 is 29.2 Å². The lowest BCUT2D eigenvalue weighted by Gasteiger charge is -2.34. The SMILES string of the molecule is CCC(=O)N[C@H](Cc1ccc(NC(=O)[C@@H](CC(=O)C(F)(F)c2ccc(=O)[nH]c2)C2CCCCC2)c(F)c1)C(=O)N1CCN(C)CC1. The quantitative estimate of drug-likeness (QED) is 0.323. The third kappa shape index (κ3) is 8.83. The molecule has 1 aliphatic heterocycles. The fourth-order valence-corrected chi connectivity index (χ4v) is 6.10. The van der Waals surface area contributed by atoms with Gasteiger partial charge < -0.3 is 25.4 Å². The van der Waals surface area contributed by atoms with Gasteiger partial charge in [-0.1, -0.05) is 32.3 Å². The summed E-state index contributed by atoms with van der Waals surface area (Å²) >= 11 is 0. The fourth-order valence-electron chi connectivity index (χ4n) is 6.10. The number of alkyl halides is 2. The molecule has 0 bridgehead atoms. The van der Waals surface area contributed by atoms with Crippen LogP contribution in [0.5, 0.6) is 0 Å². The van der Waals surface area contributed by atoms with Crippen molar-refractivity contribution in [3.63, 3.8) is 0 Å². The zero-order valence-electron chi connectivity index (χ0n) is 26.3. The highest BCUT2D eigenvalue weighted by Crippen LogP contribution is 2.37. The third-order valence-electron chi connectivity index (χ3n) is 8.96. The number of amides is 3. The Morgan fingerprint density at radius 3 is 2.33 bits per heavy atom. The molecule has 2 aromatic rings. The largest absolute Gasteiger partial charge is 0.344 e. The first kappa shape index (κ1) is 34.9. The Morgan fingerprint density at radius 1 is 1.02 bits per heavy atom. The van der Waals surface area contributed by atoms with E-state index in [2.05, 4.69) is 20.5 Å². The van der Waals surface area contributed by atoms with Gasteiger partial charge in [-0.25, -0.2) is 4.39 Å². The van der Waals surface area contributed by atoms with Crippen LogP contribution in [0.1, 0.15) is 63.0 Å². The summed E-state index contributed by atoms with van der Waals surface area (Å²) < 4.78 is 45.6. The van der Waals surface area contributed by atoms with E-state index in [1.807, 2.05) is 7.05 Å². The number of hydrogen-bond acceptors (Lipinski definition) is 6. The molecule has 3 amide bonds. The fraction of sp³-hybridized carbons (Fsp3) is 0.545. The van der Waals surface area contributed by atoms with Gasteiger partial charge in [-0.2, -0.15) is 8.78 Å². The number of Topliss-reactive ketones (excluding diaryl/α,β-unsaturated/α-hetero) is 1. The first-order valence-corrected chi connectivity index (χ1v) is 15.8. The molecule has 3 N–H and O–H groups in total. The maximum atomic E-state index is 15.4. The molecule has 4 rings (SSSR count). The van der Waals surface area contributed by atoms with Crippen molar-refractivity contribution in [1.29, 1.82) is 0 Å². The van der Waals surface area contributed by atoms with Crippen molar-refractivity contribution in [3.8, 4) is 0 Å². The van der Waals surface area contributed by atoms with E-state index in [4.69, 9.17) is 0 Å². The van der Waals surface area contributed by atoms with E-state index < -0.39 is 52.9 Å². The maximum absolute atomic E-state index is 15.4. The number of aromatic nitrogens is 1. The van der Waals surface area contributed by atoms with Crippen molar-refractivity contribution in [2.45, 2.75) is 70.3 Å². The number of rotatable bonds is 12. The summed E-state index contributed by atoms with van der Waals surface area (Å²) in [5.74, 6) is -8.96. The molecule has 1 aromatic heterocycles. The van der Waals surface area contributed by atoms with Crippen molar-refractivity contribution in [2.75, 3.05) is 38.5 Å². The third-order valence-corrected chi connectivity index (χ3v) is 8.96. The van der Waals surface area contributed by atoms with Gasteiger partial charge in [0.25, 0.3) is 0 Å². The minimum atomic E-state index is -3.93. The molecule has 1 saturated heterocycles. The van der Waals surface area contributed by atoms with Gasteiger partial charge in [-0.3, -0.25) is 24.0 Å². The van der Waals surface area contributed by atoms with Crippen molar-refractivity contribution in [3.05, 3.63) is 63.8 Å². The number of piperazine rings is 1. The van der Waals surface area contributed by atoms with Crippen LogP contribution in [0.15, 0.2) is 41.3 Å². The smallest absolute Gasteiger partial charge is 0.331 e. The highest BCUT2D eigenvalue weighted by Gasteiger charge is 2.44. The number of hydrogen-bond donors (Lipinski definition) is 3. The molecule has 0 radical (unpaired) electrons. The van der Waals surface area contributed by atoms with Crippen molar-refractivity contribution in [2.24, 2.45) is 11.8 Å². The average Bonchev–Trinajstić information content (AvgIpc) is 3.04. The molecule has 250 valence electrons. The van der Waals surface area contributed by atoms with Crippen LogP contribution >= 0.6 is 0 Å². The van der Waals surface area contributed by atoms with Crippen molar-refractivity contribution in [1.82, 2.24) is 20.1 Å². The first-order valence-electron chi connectivity index (χ1n) is 15.8. The predicted octanol–water partition coefficient (Wildman–Crippen LogP) is 3.61. The van der Waals surface area contributed by atoms with Crippen LogP contribution in [0.3, 0.4) is 0 Å². The van der Waals surface area contributed by atoms with Gasteiger partial charge in [0.2, 0.25) is 29.1 Å². The van der Waals surface area contributed by atoms with Gasteiger partial charge in [0.05, 0.1) is 5.69 Å². The lowest BCUT2D eigenvalue weighted by atomic mass is 9.76. The van der Waals surface area contributed by atoms with E-state index in [1.165, 1.54) is 18.2 Å². The molecule has 2 fully saturated rings. The number of halogens is 3. The molecule has 0 spiro atoms. The van der Waals surface area contributed by atoms with E-state index in [-0.39, 0.29) is 36.3 Å². The lowest BCUT2D eigenvalue weighted by molar-refractivity contribution is -0.147. The minimum Gasteiger partial charge on any atom is -0.344 e. The van der Waals surface area contributed by atoms with Crippen LogP contribution in [-0.2, 0) is 31.5 Å². The molecule has 2 aliphatic rings. The molecule has 1 aromatic carbocycles. The van der Waals surface area contributed by atoms with Crippen LogP contribution in [0.2, 0.25) is 0 Å². The Bertz CT molecular complexity index is 1450. The van der Waals surface area contributed by atoms with E-state index >= 15 is 13.2 Å². The molecule has 0 unspecified atom stereocenters. The normalized spacial score (nSPS) is 17.6. The molecule has 1 saturated carbocycles. The molecule has 2 heterocycles. The number of benzene rings is 1. The number of pyridine rings is 1. The number of H-pyrrole nitrogens is 1. The number of nitrogens with zero attached hydrogens (tertiary/aromatic N) is 2. The van der Waals surface area contributed by atoms with Gasteiger partial charge in [0.1, 0.15) is 11.9 Å². The number of carbonyl (C=O) groups is 4. The van der Waals surface area contributed by atoms with Gasteiger partial charge in [-0.05, 0) is 49.6 Å². The summed E-state index contributed by atoms with van der Waals surface area (Å²) in [6.07, 6.45) is 3.87. The average molecular weight is 646 g/mol. The molecule has 46 heavy (non-hydrogen) atoms. The zero-order valence-corrected chi connectivity index (χ0v) is 26.3. The van der Waals surface area contributed by atoms with E-state index in [1.54, 1.807) is 11.8 Å². The van der Waals surface area contributed by atoms with E-state index in [0.29, 0.717) is 44.6 Å². The van der Waals surface area contributed by atoms with Crippen LogP contribution < -0.4 is 16.2 Å². The van der Waals surface area contributed by atoms with Gasteiger partial charge in [0.15, 0.2) is 0 Å². The second-order valence-corrected chi connectivity index (χ2v) is 12.3. The van der Waals surface area contributed by atoms with Crippen LogP contribution in [0.25, 0.3) is 0 Å². The van der Waals surface area contributed by atoms with Crippen molar-refractivity contribution < 1.29 is 32.3 Å². The van der Waals surface area contributed by atoms with E-state index in [0.717, 1.165) is 37.6 Å². The minimum absolute atomic E-state index is 0.0289. The van der Waals surface area contributed by atoms with Gasteiger partial charge >= 0.3 is 5.92 Å². The highest BCUT2D eigenvalue weighted by molar-refractivity contribution is 5.97. The Labute approximate surface area is 266 Å². The summed E-state index contributed by atoms with van der Waals surface area (Å²) in [4.78, 5) is 69.1. The Kier molecular flexibility index (Phi) is 11.8. The second kappa shape index (κ2) is 15.5.